The van der Waals surface area contributed by atoms with Crippen molar-refractivity contribution in [2.24, 2.45) is 23.2 Å². The van der Waals surface area contributed by atoms with Crippen molar-refractivity contribution in [3.05, 3.63) is 36.3 Å². The highest BCUT2D eigenvalue weighted by molar-refractivity contribution is 5.90. The van der Waals surface area contributed by atoms with Crippen LogP contribution in [0.5, 0.6) is 0 Å². The molecule has 2 aliphatic heterocycles. The molecule has 0 radical (unpaired) electrons. The molecule has 0 aromatic rings. The molecule has 1 aliphatic carbocycles. The lowest BCUT2D eigenvalue weighted by Crippen LogP contribution is -2.46. The van der Waals surface area contributed by atoms with E-state index in [1.165, 1.54) is 6.92 Å². The summed E-state index contributed by atoms with van der Waals surface area (Å²) in [7, 11) is 0. The molecule has 2 fully saturated rings. The van der Waals surface area contributed by atoms with E-state index in [0.717, 1.165) is 5.57 Å². The fraction of sp³-hybridized carbons (Fsp3) is 0.571. The van der Waals surface area contributed by atoms with Crippen LogP contribution in [0.15, 0.2) is 36.3 Å². The molecule has 1 saturated heterocycles. The average Bonchev–Trinajstić information content (AvgIpc) is 2.81. The molecule has 0 bridgehead atoms. The zero-order valence-electron chi connectivity index (χ0n) is 16.4. The van der Waals surface area contributed by atoms with Gasteiger partial charge in [-0.15, -0.1) is 0 Å². The molecule has 0 aromatic carbocycles. The van der Waals surface area contributed by atoms with Crippen molar-refractivity contribution in [1.82, 2.24) is 0 Å². The van der Waals surface area contributed by atoms with Gasteiger partial charge in [0, 0.05) is 29.4 Å². The van der Waals surface area contributed by atoms with Crippen LogP contribution < -0.4 is 0 Å². The van der Waals surface area contributed by atoms with E-state index in [1.807, 2.05) is 6.08 Å². The Balaban J connectivity index is 1.90. The standard InChI is InChI=1S/C21H26O7/c1-12(2)19(23)26-10-15-9-25-6-5-21(11-27-14(4)22)8-18-16(7-17(15)21)13(3)20(24)28-18/h5-6,9,12,16-18H,3,7-8,10-11H2,1-2,4H3/t16-,17-,18+,21+/m0/s1. The van der Waals surface area contributed by atoms with Crippen LogP contribution >= 0.6 is 0 Å². The van der Waals surface area contributed by atoms with Gasteiger partial charge in [-0.1, -0.05) is 20.4 Å². The first-order valence-electron chi connectivity index (χ1n) is 9.45. The first-order chi connectivity index (χ1) is 13.2. The van der Waals surface area contributed by atoms with Gasteiger partial charge < -0.3 is 18.9 Å². The van der Waals surface area contributed by atoms with Crippen LogP contribution in [0, 0.1) is 23.2 Å². The summed E-state index contributed by atoms with van der Waals surface area (Å²) in [6, 6.07) is 0. The highest BCUT2D eigenvalue weighted by Crippen LogP contribution is 2.53. The number of carbonyl (C=O) groups is 3. The molecule has 3 rings (SSSR count). The number of rotatable bonds is 5. The van der Waals surface area contributed by atoms with Crippen molar-refractivity contribution < 1.29 is 33.3 Å². The monoisotopic (exact) mass is 390 g/mol. The molecule has 7 nitrogen and oxygen atoms in total. The van der Waals surface area contributed by atoms with Crippen molar-refractivity contribution in [2.75, 3.05) is 13.2 Å². The summed E-state index contributed by atoms with van der Waals surface area (Å²) in [6.45, 7) is 8.97. The van der Waals surface area contributed by atoms with E-state index in [0.29, 0.717) is 18.4 Å². The predicted octanol–water partition coefficient (Wildman–Crippen LogP) is 2.67. The maximum Gasteiger partial charge on any atom is 0.334 e. The zero-order valence-corrected chi connectivity index (χ0v) is 16.4. The second-order valence-electron chi connectivity index (χ2n) is 7.98. The largest absolute Gasteiger partial charge is 0.473 e. The Labute approximate surface area is 164 Å². The number of fused-ring (bicyclic) bond motifs is 2. The number of carbonyl (C=O) groups excluding carboxylic acids is 3. The quantitative estimate of drug-likeness (QED) is 0.405. The van der Waals surface area contributed by atoms with Crippen LogP contribution in [0.25, 0.3) is 0 Å². The first-order valence-corrected chi connectivity index (χ1v) is 9.45. The molecule has 3 aliphatic rings. The Kier molecular flexibility index (Phi) is 5.63. The minimum absolute atomic E-state index is 0.0733. The van der Waals surface area contributed by atoms with Crippen molar-refractivity contribution in [2.45, 2.75) is 39.7 Å². The van der Waals surface area contributed by atoms with Crippen LogP contribution in [0.3, 0.4) is 0 Å². The van der Waals surface area contributed by atoms with Gasteiger partial charge >= 0.3 is 17.9 Å². The van der Waals surface area contributed by atoms with Gasteiger partial charge in [0.05, 0.1) is 18.4 Å². The SMILES string of the molecule is C=C1C(=O)O[C@@H]2C[C@@]3(COC(C)=O)C=COC=C(COC(=O)C(C)C)[C@@H]3C[C@@H]12. The van der Waals surface area contributed by atoms with E-state index in [9.17, 15) is 14.4 Å². The third-order valence-electron chi connectivity index (χ3n) is 5.72. The van der Waals surface area contributed by atoms with E-state index in [1.54, 1.807) is 26.4 Å². The summed E-state index contributed by atoms with van der Waals surface area (Å²) in [4.78, 5) is 35.5. The minimum Gasteiger partial charge on any atom is -0.473 e. The molecular weight excluding hydrogens is 364 g/mol. The molecule has 0 amide bonds. The average molecular weight is 390 g/mol. The van der Waals surface area contributed by atoms with Crippen LogP contribution in [0.2, 0.25) is 0 Å². The van der Waals surface area contributed by atoms with Gasteiger partial charge in [-0.25, -0.2) is 4.79 Å². The Hall–Kier alpha value is -2.57. The number of ether oxygens (including phenoxy) is 4. The van der Waals surface area contributed by atoms with Gasteiger partial charge in [-0.05, 0) is 24.8 Å². The summed E-state index contributed by atoms with van der Waals surface area (Å²) in [5, 5.41) is 0. The molecule has 4 atom stereocenters. The summed E-state index contributed by atoms with van der Waals surface area (Å²) in [6.07, 6.45) is 5.68. The Morgan fingerprint density at radius 3 is 2.79 bits per heavy atom. The van der Waals surface area contributed by atoms with Gasteiger partial charge in [-0.2, -0.15) is 0 Å². The Morgan fingerprint density at radius 1 is 1.36 bits per heavy atom. The molecule has 0 spiro atoms. The Morgan fingerprint density at radius 2 is 2.11 bits per heavy atom. The molecular formula is C21H26O7. The second-order valence-corrected chi connectivity index (χ2v) is 7.98. The molecule has 0 N–H and O–H groups in total. The first kappa shape index (κ1) is 20.2. The normalized spacial score (nSPS) is 31.1. The zero-order chi connectivity index (χ0) is 20.5. The van der Waals surface area contributed by atoms with E-state index in [4.69, 9.17) is 18.9 Å². The smallest absolute Gasteiger partial charge is 0.334 e. The van der Waals surface area contributed by atoms with E-state index < -0.39 is 11.4 Å². The number of hydrogen-bond acceptors (Lipinski definition) is 7. The van der Waals surface area contributed by atoms with E-state index >= 15 is 0 Å². The lowest BCUT2D eigenvalue weighted by atomic mass is 9.60. The fourth-order valence-electron chi connectivity index (χ4n) is 4.14. The second kappa shape index (κ2) is 7.81. The van der Waals surface area contributed by atoms with Gasteiger partial charge in [0.15, 0.2) is 0 Å². The van der Waals surface area contributed by atoms with E-state index in [2.05, 4.69) is 6.58 Å². The molecule has 0 unspecified atom stereocenters. The van der Waals surface area contributed by atoms with Gasteiger partial charge in [0.1, 0.15) is 19.3 Å². The highest BCUT2D eigenvalue weighted by atomic mass is 16.6. The van der Waals surface area contributed by atoms with E-state index in [-0.39, 0.29) is 49.0 Å². The lowest BCUT2D eigenvalue weighted by molar-refractivity contribution is -0.150. The van der Waals surface area contributed by atoms with Crippen molar-refractivity contribution in [3.8, 4) is 0 Å². The number of esters is 3. The highest BCUT2D eigenvalue weighted by Gasteiger charge is 2.54. The maximum atomic E-state index is 12.0. The fourth-order valence-corrected chi connectivity index (χ4v) is 4.14. The van der Waals surface area contributed by atoms with Crippen LogP contribution in [-0.4, -0.2) is 37.2 Å². The third-order valence-corrected chi connectivity index (χ3v) is 5.72. The lowest BCUT2D eigenvalue weighted by Gasteiger charge is -2.45. The molecule has 7 heteroatoms. The van der Waals surface area contributed by atoms with Crippen molar-refractivity contribution in [3.63, 3.8) is 0 Å². The summed E-state index contributed by atoms with van der Waals surface area (Å²) < 4.78 is 21.8. The predicted molar refractivity (Wildman–Crippen MR) is 98.4 cm³/mol. The molecule has 0 aromatic heterocycles. The summed E-state index contributed by atoms with van der Waals surface area (Å²) >= 11 is 0. The van der Waals surface area contributed by atoms with Gasteiger partial charge in [0.25, 0.3) is 0 Å². The van der Waals surface area contributed by atoms with Crippen LogP contribution in [0.4, 0.5) is 0 Å². The van der Waals surface area contributed by atoms with Crippen LogP contribution in [-0.2, 0) is 33.3 Å². The minimum atomic E-state index is -0.621. The van der Waals surface area contributed by atoms with Crippen molar-refractivity contribution >= 4 is 17.9 Å². The van der Waals surface area contributed by atoms with Crippen LogP contribution in [0.1, 0.15) is 33.6 Å². The van der Waals surface area contributed by atoms with Crippen molar-refractivity contribution in [1.29, 1.82) is 0 Å². The number of hydrogen-bond donors (Lipinski definition) is 0. The Bertz CT molecular complexity index is 748. The maximum absolute atomic E-state index is 12.0. The summed E-state index contributed by atoms with van der Waals surface area (Å²) in [5.41, 5.74) is 0.611. The van der Waals surface area contributed by atoms with Gasteiger partial charge in [-0.3, -0.25) is 9.59 Å². The third kappa shape index (κ3) is 3.84. The molecule has 152 valence electrons. The topological polar surface area (TPSA) is 88.1 Å². The molecule has 1 saturated carbocycles. The molecule has 28 heavy (non-hydrogen) atoms. The summed E-state index contributed by atoms with van der Waals surface area (Å²) in [5.74, 6) is -1.60. The molecule has 2 heterocycles. The van der Waals surface area contributed by atoms with Gasteiger partial charge in [0.2, 0.25) is 0 Å².